The second-order valence-electron chi connectivity index (χ2n) is 3.17. The van der Waals surface area contributed by atoms with Gasteiger partial charge in [-0.1, -0.05) is 6.92 Å². The lowest BCUT2D eigenvalue weighted by Gasteiger charge is -2.12. The minimum atomic E-state index is 0.355. The quantitative estimate of drug-likeness (QED) is 0.557. The molecule has 0 radical (unpaired) electrons. The van der Waals surface area contributed by atoms with Gasteiger partial charge in [0.25, 0.3) is 0 Å². The molecule has 0 heterocycles. The molecule has 0 aromatic heterocycles. The van der Waals surface area contributed by atoms with Crippen molar-refractivity contribution in [2.24, 2.45) is 0 Å². The first-order valence-electron chi connectivity index (χ1n) is 5.12. The molecule has 3 heteroatoms. The zero-order valence-electron chi connectivity index (χ0n) is 9.14. The third-order valence-corrected chi connectivity index (χ3v) is 1.90. The van der Waals surface area contributed by atoms with Gasteiger partial charge in [0.2, 0.25) is 0 Å². The minimum absolute atomic E-state index is 0.355. The van der Waals surface area contributed by atoms with Gasteiger partial charge < -0.3 is 14.8 Å². The molecule has 0 spiro atoms. The average molecular weight is 189 g/mol. The minimum Gasteiger partial charge on any atom is -0.382 e. The molecule has 0 aliphatic heterocycles. The van der Waals surface area contributed by atoms with Gasteiger partial charge in [-0.05, 0) is 32.9 Å². The van der Waals surface area contributed by atoms with Crippen LogP contribution in [0.5, 0.6) is 0 Å². The van der Waals surface area contributed by atoms with Gasteiger partial charge >= 0.3 is 0 Å². The van der Waals surface area contributed by atoms with Gasteiger partial charge in [-0.2, -0.15) is 0 Å². The summed E-state index contributed by atoms with van der Waals surface area (Å²) >= 11 is 0. The topological polar surface area (TPSA) is 30.5 Å². The van der Waals surface area contributed by atoms with Crippen molar-refractivity contribution in [2.75, 3.05) is 33.4 Å². The van der Waals surface area contributed by atoms with Crippen LogP contribution >= 0.6 is 0 Å². The fraction of sp³-hybridized carbons (Fsp3) is 1.00. The Morgan fingerprint density at radius 2 is 2.08 bits per heavy atom. The molecule has 0 fully saturated rings. The third-order valence-electron chi connectivity index (χ3n) is 1.90. The molecule has 1 atom stereocenters. The standard InChI is InChI=1S/C10H23NO2/c1-4-11-7-5-6-10(2)13-9-8-12-3/h10-11H,4-9H2,1-3H3. The van der Waals surface area contributed by atoms with E-state index in [1.165, 1.54) is 6.42 Å². The molecule has 0 amide bonds. The van der Waals surface area contributed by atoms with Crippen LogP contribution in [0.3, 0.4) is 0 Å². The molecule has 0 aliphatic carbocycles. The van der Waals surface area contributed by atoms with Crippen molar-refractivity contribution >= 4 is 0 Å². The van der Waals surface area contributed by atoms with Crippen LogP contribution < -0.4 is 5.32 Å². The van der Waals surface area contributed by atoms with E-state index in [9.17, 15) is 0 Å². The van der Waals surface area contributed by atoms with Gasteiger partial charge in [-0.3, -0.25) is 0 Å². The molecule has 0 aliphatic rings. The molecular formula is C10H23NO2. The van der Waals surface area contributed by atoms with Crippen LogP contribution in [0.1, 0.15) is 26.7 Å². The molecule has 0 saturated carbocycles. The summed E-state index contributed by atoms with van der Waals surface area (Å²) < 4.78 is 10.4. The Morgan fingerprint density at radius 3 is 2.69 bits per heavy atom. The summed E-state index contributed by atoms with van der Waals surface area (Å²) in [5.74, 6) is 0. The van der Waals surface area contributed by atoms with E-state index >= 15 is 0 Å². The summed E-state index contributed by atoms with van der Waals surface area (Å²) in [6.07, 6.45) is 2.66. The van der Waals surface area contributed by atoms with Crippen LogP contribution in [-0.4, -0.2) is 39.5 Å². The van der Waals surface area contributed by atoms with Crippen molar-refractivity contribution in [3.05, 3.63) is 0 Å². The number of methoxy groups -OCH3 is 1. The second-order valence-corrected chi connectivity index (χ2v) is 3.17. The summed E-state index contributed by atoms with van der Waals surface area (Å²) in [6.45, 7) is 7.78. The molecule has 1 unspecified atom stereocenters. The maximum atomic E-state index is 5.51. The summed E-state index contributed by atoms with van der Waals surface area (Å²) in [5, 5.41) is 3.29. The van der Waals surface area contributed by atoms with E-state index in [1.54, 1.807) is 7.11 Å². The van der Waals surface area contributed by atoms with Gasteiger partial charge in [-0.25, -0.2) is 0 Å². The predicted octanol–water partition coefficient (Wildman–Crippen LogP) is 1.43. The van der Waals surface area contributed by atoms with E-state index in [-0.39, 0.29) is 0 Å². The Kier molecular flexibility index (Phi) is 9.87. The Labute approximate surface area is 81.8 Å². The fourth-order valence-electron chi connectivity index (χ4n) is 1.11. The molecule has 80 valence electrons. The third kappa shape index (κ3) is 9.80. The maximum absolute atomic E-state index is 5.51. The Morgan fingerprint density at radius 1 is 1.31 bits per heavy atom. The molecule has 0 saturated heterocycles. The Bertz CT molecular complexity index is 98.9. The van der Waals surface area contributed by atoms with Crippen molar-refractivity contribution in [1.29, 1.82) is 0 Å². The molecule has 13 heavy (non-hydrogen) atoms. The maximum Gasteiger partial charge on any atom is 0.0703 e. The molecule has 0 bridgehead atoms. The smallest absolute Gasteiger partial charge is 0.0703 e. The summed E-state index contributed by atoms with van der Waals surface area (Å²) in [6, 6.07) is 0. The number of nitrogens with one attached hydrogen (secondary N) is 1. The monoisotopic (exact) mass is 189 g/mol. The SMILES string of the molecule is CCNCCCC(C)OCCOC. The molecule has 1 N–H and O–H groups in total. The number of ether oxygens (including phenoxy) is 2. The van der Waals surface area contributed by atoms with Crippen LogP contribution in [0, 0.1) is 0 Å². The first kappa shape index (κ1) is 12.9. The Hall–Kier alpha value is -0.120. The van der Waals surface area contributed by atoms with Crippen LogP contribution in [-0.2, 0) is 9.47 Å². The normalized spacial score (nSPS) is 13.2. The van der Waals surface area contributed by atoms with E-state index in [0.29, 0.717) is 19.3 Å². The van der Waals surface area contributed by atoms with Crippen LogP contribution in [0.15, 0.2) is 0 Å². The van der Waals surface area contributed by atoms with Crippen molar-refractivity contribution in [1.82, 2.24) is 5.32 Å². The number of rotatable bonds is 9. The van der Waals surface area contributed by atoms with Crippen molar-refractivity contribution in [3.8, 4) is 0 Å². The number of hydrogen-bond donors (Lipinski definition) is 1. The van der Waals surface area contributed by atoms with Gasteiger partial charge in [0.15, 0.2) is 0 Å². The first-order valence-corrected chi connectivity index (χ1v) is 5.12. The van der Waals surface area contributed by atoms with Crippen molar-refractivity contribution in [3.63, 3.8) is 0 Å². The van der Waals surface area contributed by atoms with E-state index < -0.39 is 0 Å². The molecular weight excluding hydrogens is 166 g/mol. The summed E-state index contributed by atoms with van der Waals surface area (Å²) in [7, 11) is 1.69. The fourth-order valence-corrected chi connectivity index (χ4v) is 1.11. The number of hydrogen-bond acceptors (Lipinski definition) is 3. The summed E-state index contributed by atoms with van der Waals surface area (Å²) in [4.78, 5) is 0. The highest BCUT2D eigenvalue weighted by Crippen LogP contribution is 2.00. The molecule has 3 nitrogen and oxygen atoms in total. The second kappa shape index (κ2) is 9.96. The van der Waals surface area contributed by atoms with Crippen LogP contribution in [0.25, 0.3) is 0 Å². The van der Waals surface area contributed by atoms with E-state index in [4.69, 9.17) is 9.47 Å². The van der Waals surface area contributed by atoms with Gasteiger partial charge in [0, 0.05) is 7.11 Å². The van der Waals surface area contributed by atoms with Crippen LogP contribution in [0.4, 0.5) is 0 Å². The predicted molar refractivity (Wildman–Crippen MR) is 55.1 cm³/mol. The first-order chi connectivity index (χ1) is 6.31. The lowest BCUT2D eigenvalue weighted by Crippen LogP contribution is -2.17. The van der Waals surface area contributed by atoms with E-state index in [1.807, 2.05) is 0 Å². The Balaban J connectivity index is 3.05. The highest BCUT2D eigenvalue weighted by Gasteiger charge is 2.00. The zero-order chi connectivity index (χ0) is 9.94. The van der Waals surface area contributed by atoms with Crippen molar-refractivity contribution < 1.29 is 9.47 Å². The largest absolute Gasteiger partial charge is 0.382 e. The summed E-state index contributed by atoms with van der Waals surface area (Å²) in [5.41, 5.74) is 0. The van der Waals surface area contributed by atoms with Crippen molar-refractivity contribution in [2.45, 2.75) is 32.8 Å². The van der Waals surface area contributed by atoms with Gasteiger partial charge in [0.05, 0.1) is 19.3 Å². The molecule has 0 rings (SSSR count). The molecule has 0 aromatic rings. The van der Waals surface area contributed by atoms with E-state index in [0.717, 1.165) is 19.5 Å². The van der Waals surface area contributed by atoms with Gasteiger partial charge in [-0.15, -0.1) is 0 Å². The van der Waals surface area contributed by atoms with E-state index in [2.05, 4.69) is 19.2 Å². The molecule has 0 aromatic carbocycles. The highest BCUT2D eigenvalue weighted by molar-refractivity contribution is 4.52. The average Bonchev–Trinajstić information content (AvgIpc) is 2.13. The zero-order valence-corrected chi connectivity index (χ0v) is 9.14. The lowest BCUT2D eigenvalue weighted by atomic mass is 10.2. The van der Waals surface area contributed by atoms with Gasteiger partial charge in [0.1, 0.15) is 0 Å². The van der Waals surface area contributed by atoms with Crippen LogP contribution in [0.2, 0.25) is 0 Å². The lowest BCUT2D eigenvalue weighted by molar-refractivity contribution is 0.0218. The highest BCUT2D eigenvalue weighted by atomic mass is 16.5.